The first kappa shape index (κ1) is 21.3. The quantitative estimate of drug-likeness (QED) is 0.349. The van der Waals surface area contributed by atoms with E-state index in [1.54, 1.807) is 0 Å². The summed E-state index contributed by atoms with van der Waals surface area (Å²) in [4.78, 5) is 0. The van der Waals surface area contributed by atoms with Crippen molar-refractivity contribution >= 4 is 0 Å². The van der Waals surface area contributed by atoms with Gasteiger partial charge < -0.3 is 9.47 Å². The highest BCUT2D eigenvalue weighted by Gasteiger charge is 2.23. The van der Waals surface area contributed by atoms with Crippen LogP contribution in [-0.2, 0) is 9.47 Å². The summed E-state index contributed by atoms with van der Waals surface area (Å²) >= 11 is 0. The fourth-order valence-electron chi connectivity index (χ4n) is 4.16. The topological polar surface area (TPSA) is 18.5 Å². The van der Waals surface area contributed by atoms with Gasteiger partial charge in [0.1, 0.15) is 0 Å². The Bertz CT molecular complexity index is 599. The number of unbranched alkanes of at least 4 members (excludes halogenated alkanes) is 9. The second-order valence-electron chi connectivity index (χ2n) is 8.44. The monoisotopic (exact) mass is 382 g/mol. The van der Waals surface area contributed by atoms with Crippen molar-refractivity contribution in [2.75, 3.05) is 13.2 Å². The van der Waals surface area contributed by atoms with Crippen LogP contribution < -0.4 is 0 Å². The zero-order valence-electron chi connectivity index (χ0n) is 17.7. The van der Waals surface area contributed by atoms with Crippen LogP contribution in [0.1, 0.15) is 89.4 Å². The van der Waals surface area contributed by atoms with Gasteiger partial charge in [0, 0.05) is 11.5 Å². The largest absolute Gasteiger partial charge is 0.348 e. The normalized spacial score (nSPS) is 19.9. The molecule has 0 spiro atoms. The lowest BCUT2D eigenvalue weighted by Gasteiger charge is -2.29. The van der Waals surface area contributed by atoms with E-state index in [2.05, 4.69) is 49.4 Å². The van der Waals surface area contributed by atoms with Crippen LogP contribution in [0.3, 0.4) is 0 Å². The number of hydrogen-bond acceptors (Lipinski definition) is 2. The predicted octanol–water partition coefficient (Wildman–Crippen LogP) is 7.76. The summed E-state index contributed by atoms with van der Waals surface area (Å²) in [5.74, 6) is 0.559. The first-order valence-electron chi connectivity index (χ1n) is 11.6. The predicted molar refractivity (Wildman–Crippen MR) is 118 cm³/mol. The van der Waals surface area contributed by atoms with Crippen molar-refractivity contribution < 1.29 is 9.47 Å². The van der Waals surface area contributed by atoms with E-state index in [-0.39, 0.29) is 6.29 Å². The van der Waals surface area contributed by atoms with Gasteiger partial charge in [0.15, 0.2) is 6.29 Å². The maximum atomic E-state index is 6.04. The smallest absolute Gasteiger partial charge is 0.183 e. The van der Waals surface area contributed by atoms with Crippen molar-refractivity contribution in [2.45, 2.75) is 83.8 Å². The standard InChI is InChI=1S/C26H38O2/c1-2-3-4-5-6-7-8-9-10-11-13-22-20-27-26(28-21-22)25-18-16-23-14-12-15-24(23)17-19-25/h12,14-19,22,26H,2-11,13,20-21H2,1H3. The maximum absolute atomic E-state index is 6.04. The number of ether oxygens (including phenoxy) is 2. The SMILES string of the molecule is CCCCCCCCCCCCC1COC(c2ccc3cccc-3cc2)OC1. The summed E-state index contributed by atoms with van der Waals surface area (Å²) in [6.07, 6.45) is 15.0. The Kier molecular flexibility index (Phi) is 9.32. The van der Waals surface area contributed by atoms with Crippen LogP contribution in [0.5, 0.6) is 0 Å². The highest BCUT2D eigenvalue weighted by molar-refractivity contribution is 5.65. The van der Waals surface area contributed by atoms with E-state index in [0.29, 0.717) is 5.92 Å². The molecule has 0 aromatic rings. The number of fused-ring (bicyclic) bond motifs is 1. The second-order valence-corrected chi connectivity index (χ2v) is 8.44. The van der Waals surface area contributed by atoms with Gasteiger partial charge in [0.25, 0.3) is 0 Å². The van der Waals surface area contributed by atoms with Gasteiger partial charge in [0.05, 0.1) is 13.2 Å². The van der Waals surface area contributed by atoms with Gasteiger partial charge in [-0.2, -0.15) is 0 Å². The zero-order valence-corrected chi connectivity index (χ0v) is 17.7. The first-order valence-corrected chi connectivity index (χ1v) is 11.6. The number of hydrogen-bond donors (Lipinski definition) is 0. The molecule has 1 heterocycles. The molecule has 0 unspecified atom stereocenters. The molecule has 0 saturated carbocycles. The molecule has 0 aromatic carbocycles. The summed E-state index contributed by atoms with van der Waals surface area (Å²) in [6.45, 7) is 3.94. The highest BCUT2D eigenvalue weighted by Crippen LogP contribution is 2.29. The Morgan fingerprint density at radius 1 is 0.679 bits per heavy atom. The average Bonchev–Trinajstić information content (AvgIpc) is 3.08. The lowest BCUT2D eigenvalue weighted by molar-refractivity contribution is -0.206. The van der Waals surface area contributed by atoms with Gasteiger partial charge in [-0.05, 0) is 17.5 Å². The van der Waals surface area contributed by atoms with E-state index >= 15 is 0 Å². The first-order chi connectivity index (χ1) is 13.9. The Morgan fingerprint density at radius 3 is 1.79 bits per heavy atom. The molecular weight excluding hydrogens is 344 g/mol. The van der Waals surface area contributed by atoms with Crippen molar-refractivity contribution in [3.8, 4) is 11.1 Å². The van der Waals surface area contributed by atoms with Crippen molar-refractivity contribution in [3.05, 3.63) is 48.0 Å². The Labute approximate surface area is 172 Å². The van der Waals surface area contributed by atoms with E-state index in [1.807, 2.05) is 0 Å². The van der Waals surface area contributed by atoms with Crippen LogP contribution >= 0.6 is 0 Å². The van der Waals surface area contributed by atoms with Gasteiger partial charge in [-0.25, -0.2) is 0 Å². The molecule has 154 valence electrons. The summed E-state index contributed by atoms with van der Waals surface area (Å²) in [6, 6.07) is 15.0. The number of rotatable bonds is 12. The molecule has 3 aliphatic rings. The summed E-state index contributed by atoms with van der Waals surface area (Å²) < 4.78 is 12.1. The van der Waals surface area contributed by atoms with Gasteiger partial charge in [-0.15, -0.1) is 0 Å². The molecule has 1 saturated heterocycles. The molecule has 1 aliphatic heterocycles. The maximum Gasteiger partial charge on any atom is 0.183 e. The van der Waals surface area contributed by atoms with Crippen molar-refractivity contribution in [1.82, 2.24) is 0 Å². The molecule has 0 N–H and O–H groups in total. The van der Waals surface area contributed by atoms with E-state index < -0.39 is 0 Å². The molecule has 2 nitrogen and oxygen atoms in total. The minimum atomic E-state index is -0.208. The average molecular weight is 383 g/mol. The molecule has 0 atom stereocenters. The molecule has 2 aliphatic carbocycles. The van der Waals surface area contributed by atoms with E-state index in [9.17, 15) is 0 Å². The molecule has 0 bridgehead atoms. The second kappa shape index (κ2) is 12.2. The highest BCUT2D eigenvalue weighted by atomic mass is 16.7. The van der Waals surface area contributed by atoms with Crippen LogP contribution in [0.4, 0.5) is 0 Å². The van der Waals surface area contributed by atoms with Crippen LogP contribution in [-0.4, -0.2) is 13.2 Å². The molecule has 0 amide bonds. The lowest BCUT2D eigenvalue weighted by atomic mass is 10.0. The van der Waals surface area contributed by atoms with Gasteiger partial charge >= 0.3 is 0 Å². The van der Waals surface area contributed by atoms with E-state index in [4.69, 9.17) is 9.47 Å². The Balaban J connectivity index is 1.26. The lowest BCUT2D eigenvalue weighted by Crippen LogP contribution is -2.26. The minimum absolute atomic E-state index is 0.208. The van der Waals surface area contributed by atoms with Crippen LogP contribution in [0.25, 0.3) is 11.1 Å². The zero-order chi connectivity index (χ0) is 19.4. The molecule has 28 heavy (non-hydrogen) atoms. The molecular formula is C26H38O2. The van der Waals surface area contributed by atoms with E-state index in [1.165, 1.54) is 81.8 Å². The fraction of sp³-hybridized carbons (Fsp3) is 0.615. The van der Waals surface area contributed by atoms with Crippen molar-refractivity contribution in [3.63, 3.8) is 0 Å². The molecule has 3 rings (SSSR count). The third-order valence-corrected chi connectivity index (χ3v) is 6.00. The third kappa shape index (κ3) is 6.90. The summed E-state index contributed by atoms with van der Waals surface area (Å²) in [5, 5.41) is 0. The van der Waals surface area contributed by atoms with Crippen molar-refractivity contribution in [1.29, 1.82) is 0 Å². The van der Waals surface area contributed by atoms with Gasteiger partial charge in [-0.1, -0.05) is 114 Å². The van der Waals surface area contributed by atoms with Crippen LogP contribution in [0.15, 0.2) is 42.5 Å². The molecule has 1 fully saturated rings. The van der Waals surface area contributed by atoms with Crippen LogP contribution in [0.2, 0.25) is 0 Å². The van der Waals surface area contributed by atoms with E-state index in [0.717, 1.165) is 18.8 Å². The fourth-order valence-corrected chi connectivity index (χ4v) is 4.16. The van der Waals surface area contributed by atoms with Crippen molar-refractivity contribution in [2.24, 2.45) is 5.92 Å². The molecule has 2 heteroatoms. The Hall–Kier alpha value is -1.38. The van der Waals surface area contributed by atoms with Gasteiger partial charge in [-0.3, -0.25) is 0 Å². The summed E-state index contributed by atoms with van der Waals surface area (Å²) in [7, 11) is 0. The minimum Gasteiger partial charge on any atom is -0.348 e. The summed E-state index contributed by atoms with van der Waals surface area (Å²) in [5.41, 5.74) is 3.65. The van der Waals surface area contributed by atoms with Crippen LogP contribution in [0, 0.1) is 5.92 Å². The van der Waals surface area contributed by atoms with Gasteiger partial charge in [0.2, 0.25) is 0 Å². The molecule has 0 radical (unpaired) electrons. The third-order valence-electron chi connectivity index (χ3n) is 6.00. The Morgan fingerprint density at radius 2 is 1.21 bits per heavy atom. The molecule has 0 aromatic heterocycles.